The molecule has 0 atom stereocenters. The fraction of sp³-hybridized carbons (Fsp3) is 0.278. The highest BCUT2D eigenvalue weighted by Crippen LogP contribution is 2.17. The number of carbonyl (C=O) groups is 1. The summed E-state index contributed by atoms with van der Waals surface area (Å²) >= 11 is 1.68. The highest BCUT2D eigenvalue weighted by Gasteiger charge is 2.13. The second kappa shape index (κ2) is 6.46. The van der Waals surface area contributed by atoms with Crippen LogP contribution in [0.2, 0.25) is 0 Å². The van der Waals surface area contributed by atoms with E-state index in [1.54, 1.807) is 16.2 Å². The smallest absolute Gasteiger partial charge is 0.253 e. The maximum atomic E-state index is 12.6. The van der Waals surface area contributed by atoms with Crippen LogP contribution in [0.1, 0.15) is 25.9 Å². The highest BCUT2D eigenvalue weighted by molar-refractivity contribution is 7.11. The number of amides is 1. The predicted octanol–water partition coefficient (Wildman–Crippen LogP) is 3.62. The Hall–Kier alpha value is -2.27. The van der Waals surface area contributed by atoms with Crippen molar-refractivity contribution in [2.75, 3.05) is 13.6 Å². The van der Waals surface area contributed by atoms with Gasteiger partial charge in [0.25, 0.3) is 5.91 Å². The first-order chi connectivity index (χ1) is 11.0. The molecule has 0 unspecified atom stereocenters. The van der Waals surface area contributed by atoms with E-state index in [1.807, 2.05) is 57.4 Å². The molecule has 5 heteroatoms. The summed E-state index contributed by atoms with van der Waals surface area (Å²) in [5.41, 5.74) is 2.59. The molecule has 3 aromatic rings. The van der Waals surface area contributed by atoms with Gasteiger partial charge in [-0.05, 0) is 38.1 Å². The summed E-state index contributed by atoms with van der Waals surface area (Å²) in [5, 5.41) is 2.06. The van der Waals surface area contributed by atoms with Crippen molar-refractivity contribution >= 4 is 28.1 Å². The number of pyridine rings is 1. The minimum atomic E-state index is 0.0285. The van der Waals surface area contributed by atoms with Gasteiger partial charge in [0.05, 0.1) is 10.5 Å². The average Bonchev–Trinajstić information content (AvgIpc) is 2.97. The first-order valence-corrected chi connectivity index (χ1v) is 8.39. The van der Waals surface area contributed by atoms with Crippen molar-refractivity contribution in [2.45, 2.75) is 20.3 Å². The summed E-state index contributed by atoms with van der Waals surface area (Å²) in [6.07, 6.45) is 2.66. The number of hydrogen-bond donors (Lipinski definition) is 0. The second-order valence-corrected chi connectivity index (χ2v) is 7.02. The lowest BCUT2D eigenvalue weighted by Gasteiger charge is -2.16. The van der Waals surface area contributed by atoms with Gasteiger partial charge in [-0.1, -0.05) is 6.07 Å². The topological polar surface area (TPSA) is 46.1 Å². The van der Waals surface area contributed by atoms with Crippen LogP contribution in [0.5, 0.6) is 0 Å². The van der Waals surface area contributed by atoms with E-state index in [2.05, 4.69) is 9.97 Å². The summed E-state index contributed by atoms with van der Waals surface area (Å²) < 4.78 is 0. The molecular formula is C18H19N3OS. The Bertz CT molecular complexity index is 856. The zero-order valence-corrected chi connectivity index (χ0v) is 14.4. The van der Waals surface area contributed by atoms with Crippen molar-refractivity contribution in [2.24, 2.45) is 0 Å². The molecule has 0 aliphatic heterocycles. The molecule has 2 heterocycles. The Morgan fingerprint density at radius 2 is 2.04 bits per heavy atom. The van der Waals surface area contributed by atoms with Crippen LogP contribution in [0.25, 0.3) is 10.9 Å². The summed E-state index contributed by atoms with van der Waals surface area (Å²) in [4.78, 5) is 24.3. The molecule has 2 aromatic heterocycles. The number of benzene rings is 1. The Kier molecular flexibility index (Phi) is 4.39. The molecule has 4 nitrogen and oxygen atoms in total. The molecule has 1 amide bonds. The maximum Gasteiger partial charge on any atom is 0.253 e. The number of rotatable bonds is 4. The lowest BCUT2D eigenvalue weighted by atomic mass is 10.1. The third-order valence-corrected chi connectivity index (χ3v) is 4.72. The number of likely N-dealkylation sites (N-methyl/N-ethyl adjacent to an activating group) is 1. The number of hydrogen-bond acceptors (Lipinski definition) is 4. The van der Waals surface area contributed by atoms with Crippen molar-refractivity contribution in [1.29, 1.82) is 0 Å². The molecule has 0 radical (unpaired) electrons. The first-order valence-electron chi connectivity index (χ1n) is 7.57. The van der Waals surface area contributed by atoms with Crippen molar-refractivity contribution in [1.82, 2.24) is 14.9 Å². The zero-order valence-electron chi connectivity index (χ0n) is 13.5. The summed E-state index contributed by atoms with van der Waals surface area (Å²) in [5.74, 6) is 0.0285. The Labute approximate surface area is 139 Å². The number of aromatic nitrogens is 2. The minimum absolute atomic E-state index is 0.0285. The van der Waals surface area contributed by atoms with Crippen LogP contribution in [0, 0.1) is 13.8 Å². The van der Waals surface area contributed by atoms with Gasteiger partial charge in [-0.25, -0.2) is 4.98 Å². The van der Waals surface area contributed by atoms with Crippen molar-refractivity contribution < 1.29 is 4.79 Å². The standard InChI is InChI=1S/C18H19N3OS/c1-12-4-5-14-10-15(6-7-16(14)20-12)18(22)21(3)9-8-17-19-11-13(2)23-17/h4-7,10-11H,8-9H2,1-3H3. The van der Waals surface area contributed by atoms with E-state index in [1.165, 1.54) is 4.88 Å². The third kappa shape index (κ3) is 3.56. The zero-order chi connectivity index (χ0) is 16.4. The molecule has 118 valence electrons. The van der Waals surface area contributed by atoms with Gasteiger partial charge in [0.1, 0.15) is 0 Å². The number of aryl methyl sites for hydroxylation is 2. The molecule has 1 aromatic carbocycles. The molecule has 0 spiro atoms. The molecule has 0 bridgehead atoms. The van der Waals surface area contributed by atoms with Crippen LogP contribution >= 0.6 is 11.3 Å². The number of thiazole rings is 1. The van der Waals surface area contributed by atoms with Crippen LogP contribution in [-0.4, -0.2) is 34.4 Å². The molecule has 0 saturated heterocycles. The Morgan fingerprint density at radius 1 is 1.22 bits per heavy atom. The maximum absolute atomic E-state index is 12.6. The Balaban J connectivity index is 1.72. The average molecular weight is 325 g/mol. The predicted molar refractivity (Wildman–Crippen MR) is 94.0 cm³/mol. The van der Waals surface area contributed by atoms with Crippen molar-refractivity contribution in [3.63, 3.8) is 0 Å². The van der Waals surface area contributed by atoms with E-state index in [0.29, 0.717) is 12.1 Å². The van der Waals surface area contributed by atoms with Crippen molar-refractivity contribution in [3.05, 3.63) is 57.7 Å². The van der Waals surface area contributed by atoms with Gasteiger partial charge in [0.15, 0.2) is 0 Å². The monoisotopic (exact) mass is 325 g/mol. The largest absolute Gasteiger partial charge is 0.341 e. The van der Waals surface area contributed by atoms with Gasteiger partial charge in [-0.2, -0.15) is 0 Å². The number of fused-ring (bicyclic) bond motifs is 1. The number of nitrogens with zero attached hydrogens (tertiary/aromatic N) is 3. The molecule has 0 saturated carbocycles. The fourth-order valence-corrected chi connectivity index (χ4v) is 3.24. The second-order valence-electron chi connectivity index (χ2n) is 5.70. The molecule has 3 rings (SSSR count). The van der Waals surface area contributed by atoms with E-state index in [4.69, 9.17) is 0 Å². The number of carbonyl (C=O) groups excluding carboxylic acids is 1. The molecule has 23 heavy (non-hydrogen) atoms. The fourth-order valence-electron chi connectivity index (χ4n) is 2.46. The van der Waals surface area contributed by atoms with Gasteiger partial charge < -0.3 is 4.90 Å². The lowest BCUT2D eigenvalue weighted by Crippen LogP contribution is -2.28. The van der Waals surface area contributed by atoms with Gasteiger partial charge in [-0.15, -0.1) is 11.3 Å². The van der Waals surface area contributed by atoms with Crippen LogP contribution in [-0.2, 0) is 6.42 Å². The van der Waals surface area contributed by atoms with Crippen LogP contribution in [0.4, 0.5) is 0 Å². The van der Waals surface area contributed by atoms with Gasteiger partial charge in [-0.3, -0.25) is 9.78 Å². The Morgan fingerprint density at radius 3 is 2.78 bits per heavy atom. The van der Waals surface area contributed by atoms with E-state index >= 15 is 0 Å². The third-order valence-electron chi connectivity index (χ3n) is 3.75. The molecule has 0 aliphatic carbocycles. The first kappa shape index (κ1) is 15.6. The van der Waals surface area contributed by atoms with Crippen LogP contribution in [0.3, 0.4) is 0 Å². The van der Waals surface area contributed by atoms with E-state index < -0.39 is 0 Å². The van der Waals surface area contributed by atoms with Crippen LogP contribution < -0.4 is 0 Å². The summed E-state index contributed by atoms with van der Waals surface area (Å²) in [6, 6.07) is 9.64. The molecule has 0 N–H and O–H groups in total. The minimum Gasteiger partial charge on any atom is -0.341 e. The van der Waals surface area contributed by atoms with Crippen LogP contribution in [0.15, 0.2) is 36.5 Å². The quantitative estimate of drug-likeness (QED) is 0.736. The molecule has 0 fully saturated rings. The van der Waals surface area contributed by atoms with Gasteiger partial charge in [0, 0.05) is 47.7 Å². The van der Waals surface area contributed by atoms with Gasteiger partial charge in [0.2, 0.25) is 0 Å². The SMILES string of the molecule is Cc1ccc2cc(C(=O)N(C)CCc3ncc(C)s3)ccc2n1. The normalized spacial score (nSPS) is 10.9. The van der Waals surface area contributed by atoms with E-state index in [0.717, 1.165) is 28.0 Å². The molecule has 0 aliphatic rings. The summed E-state index contributed by atoms with van der Waals surface area (Å²) in [6.45, 7) is 4.67. The van der Waals surface area contributed by atoms with E-state index in [9.17, 15) is 4.79 Å². The van der Waals surface area contributed by atoms with Gasteiger partial charge >= 0.3 is 0 Å². The molecular weight excluding hydrogens is 306 g/mol. The summed E-state index contributed by atoms with van der Waals surface area (Å²) in [7, 11) is 1.83. The van der Waals surface area contributed by atoms with E-state index in [-0.39, 0.29) is 5.91 Å². The van der Waals surface area contributed by atoms with Crippen molar-refractivity contribution in [3.8, 4) is 0 Å². The highest BCUT2D eigenvalue weighted by atomic mass is 32.1. The lowest BCUT2D eigenvalue weighted by molar-refractivity contribution is 0.0797.